The Hall–Kier alpha value is -2.00. The third-order valence-electron chi connectivity index (χ3n) is 2.75. The van der Waals surface area contributed by atoms with E-state index in [-0.39, 0.29) is 12.4 Å². The van der Waals surface area contributed by atoms with Crippen LogP contribution in [0.25, 0.3) is 0 Å². The molecule has 6 heteroatoms. The third kappa shape index (κ3) is 4.01. The number of hydrogen-bond donors (Lipinski definition) is 2. The number of amides is 1. The van der Waals surface area contributed by atoms with E-state index in [1.165, 1.54) is 0 Å². The Bertz CT molecular complexity index is 781. The van der Waals surface area contributed by atoms with Crippen LogP contribution >= 0.6 is 27.5 Å². The molecule has 0 aliphatic rings. The molecule has 0 unspecified atom stereocenters. The van der Waals surface area contributed by atoms with E-state index in [0.717, 1.165) is 0 Å². The van der Waals surface area contributed by atoms with Crippen molar-refractivity contribution in [3.63, 3.8) is 0 Å². The minimum atomic E-state index is -0.906. The number of carbonyl (C=O) groups is 1. The molecule has 3 N–H and O–H groups in total. The van der Waals surface area contributed by atoms with Crippen LogP contribution in [0.5, 0.6) is 5.75 Å². The highest BCUT2D eigenvalue weighted by atomic mass is 79.9. The Morgan fingerprint density at radius 3 is 2.64 bits per heavy atom. The fourth-order valence-electron chi connectivity index (χ4n) is 1.74. The minimum Gasteiger partial charge on any atom is -0.409 e. The summed E-state index contributed by atoms with van der Waals surface area (Å²) in [5, 5.41) is 9.88. The predicted molar refractivity (Wildman–Crippen MR) is 87.7 cm³/mol. The second kappa shape index (κ2) is 7.32. The van der Waals surface area contributed by atoms with E-state index >= 15 is 0 Å². The Morgan fingerprint density at radius 1 is 1.27 bits per heavy atom. The Kier molecular flexibility index (Phi) is 5.45. The molecule has 2 aromatic rings. The van der Waals surface area contributed by atoms with Crippen LogP contribution < -0.4 is 10.5 Å². The topological polar surface area (TPSA) is 72.6 Å². The molecule has 22 heavy (non-hydrogen) atoms. The Balaban J connectivity index is 2.43. The Labute approximate surface area is 141 Å². The summed E-state index contributed by atoms with van der Waals surface area (Å²) in [4.78, 5) is 10.9. The van der Waals surface area contributed by atoms with E-state index in [1.54, 1.807) is 36.4 Å². The van der Waals surface area contributed by atoms with Gasteiger partial charge in [0, 0.05) is 10.0 Å². The number of aliphatic hydroxyl groups excluding tert-OH is 1. The quantitative estimate of drug-likeness (QED) is 0.784. The molecule has 0 aromatic heterocycles. The van der Waals surface area contributed by atoms with Crippen LogP contribution in [0, 0.1) is 11.8 Å². The average molecular weight is 381 g/mol. The van der Waals surface area contributed by atoms with Crippen LogP contribution in [0.1, 0.15) is 16.7 Å². The third-order valence-corrected chi connectivity index (χ3v) is 3.94. The first-order valence-electron chi connectivity index (χ1n) is 6.18. The molecular formula is C16H11BrClNO3. The normalized spacial score (nSPS) is 9.77. The highest BCUT2D eigenvalue weighted by Crippen LogP contribution is 2.26. The molecule has 1 amide bonds. The number of hydrogen-bond acceptors (Lipinski definition) is 3. The first-order valence-corrected chi connectivity index (χ1v) is 7.35. The smallest absolute Gasteiger partial charge is 0.409 e. The zero-order valence-electron chi connectivity index (χ0n) is 11.3. The molecule has 0 spiro atoms. The number of primary amides is 1. The van der Waals surface area contributed by atoms with E-state index in [2.05, 4.69) is 27.8 Å². The van der Waals surface area contributed by atoms with Crippen molar-refractivity contribution in [3.05, 3.63) is 62.6 Å². The number of ether oxygens (including phenoxy) is 1. The van der Waals surface area contributed by atoms with E-state index < -0.39 is 6.09 Å². The number of aliphatic hydroxyl groups is 1. The van der Waals surface area contributed by atoms with Crippen molar-refractivity contribution in [1.82, 2.24) is 0 Å². The number of halogens is 2. The molecule has 0 saturated heterocycles. The Morgan fingerprint density at radius 2 is 1.95 bits per heavy atom. The molecule has 0 saturated carbocycles. The molecule has 0 aliphatic carbocycles. The van der Waals surface area contributed by atoms with Gasteiger partial charge in [-0.15, -0.1) is 0 Å². The second-order valence-electron chi connectivity index (χ2n) is 4.25. The number of benzene rings is 2. The van der Waals surface area contributed by atoms with Crippen LogP contribution in [-0.2, 0) is 6.61 Å². The van der Waals surface area contributed by atoms with E-state index in [9.17, 15) is 9.90 Å². The van der Waals surface area contributed by atoms with Crippen molar-refractivity contribution in [3.8, 4) is 17.6 Å². The van der Waals surface area contributed by atoms with Crippen LogP contribution in [0.15, 0.2) is 40.9 Å². The van der Waals surface area contributed by atoms with Crippen molar-refractivity contribution in [2.75, 3.05) is 0 Å². The van der Waals surface area contributed by atoms with Crippen molar-refractivity contribution >= 4 is 33.6 Å². The summed E-state index contributed by atoms with van der Waals surface area (Å²) < 4.78 is 5.57. The van der Waals surface area contributed by atoms with E-state index in [1.807, 2.05) is 0 Å². The number of nitrogens with two attached hydrogens (primary N) is 1. The number of para-hydroxylation sites is 1. The van der Waals surface area contributed by atoms with E-state index in [0.29, 0.717) is 26.2 Å². The second-order valence-corrected chi connectivity index (χ2v) is 5.51. The minimum absolute atomic E-state index is 0.167. The van der Waals surface area contributed by atoms with Gasteiger partial charge in [-0.3, -0.25) is 0 Å². The highest BCUT2D eigenvalue weighted by molar-refractivity contribution is 9.10. The molecule has 2 rings (SSSR count). The predicted octanol–water partition coefficient (Wildman–Crippen LogP) is 3.45. The van der Waals surface area contributed by atoms with Gasteiger partial charge in [-0.25, -0.2) is 4.79 Å². The summed E-state index contributed by atoms with van der Waals surface area (Å²) >= 11 is 9.34. The molecule has 4 nitrogen and oxygen atoms in total. The summed E-state index contributed by atoms with van der Waals surface area (Å²) in [6, 6.07) is 10.1. The number of rotatable bonds is 2. The van der Waals surface area contributed by atoms with Crippen LogP contribution in [0.3, 0.4) is 0 Å². The maximum absolute atomic E-state index is 10.9. The summed E-state index contributed by atoms with van der Waals surface area (Å²) in [7, 11) is 0. The van der Waals surface area contributed by atoms with Gasteiger partial charge in [0.05, 0.1) is 17.2 Å². The summed E-state index contributed by atoms with van der Waals surface area (Å²) in [5.74, 6) is 6.08. The van der Waals surface area contributed by atoms with Gasteiger partial charge in [0.15, 0.2) is 0 Å². The van der Waals surface area contributed by atoms with Crippen LogP contribution in [0.2, 0.25) is 5.02 Å². The van der Waals surface area contributed by atoms with Crippen LogP contribution in [0.4, 0.5) is 4.79 Å². The van der Waals surface area contributed by atoms with Gasteiger partial charge in [-0.1, -0.05) is 35.6 Å². The molecule has 0 atom stereocenters. The van der Waals surface area contributed by atoms with Crippen molar-refractivity contribution in [2.45, 2.75) is 6.61 Å². The lowest BCUT2D eigenvalue weighted by Gasteiger charge is -2.05. The lowest BCUT2D eigenvalue weighted by Crippen LogP contribution is -2.16. The van der Waals surface area contributed by atoms with Gasteiger partial charge in [0.2, 0.25) is 0 Å². The van der Waals surface area contributed by atoms with Crippen molar-refractivity contribution in [1.29, 1.82) is 0 Å². The fourth-order valence-corrected chi connectivity index (χ4v) is 2.29. The molecule has 0 heterocycles. The van der Waals surface area contributed by atoms with Crippen molar-refractivity contribution < 1.29 is 14.6 Å². The molecule has 2 aromatic carbocycles. The summed E-state index contributed by atoms with van der Waals surface area (Å²) in [5.41, 5.74) is 6.75. The average Bonchev–Trinajstić information content (AvgIpc) is 2.48. The first-order chi connectivity index (χ1) is 10.5. The fraction of sp³-hybridized carbons (Fsp3) is 0.0625. The maximum Gasteiger partial charge on any atom is 0.410 e. The molecular weight excluding hydrogens is 370 g/mol. The van der Waals surface area contributed by atoms with Crippen LogP contribution in [-0.4, -0.2) is 11.2 Å². The maximum atomic E-state index is 10.9. The van der Waals surface area contributed by atoms with E-state index in [4.69, 9.17) is 22.1 Å². The first kappa shape index (κ1) is 16.4. The molecule has 0 fully saturated rings. The summed E-state index contributed by atoms with van der Waals surface area (Å²) in [6.07, 6.45) is -0.906. The lowest BCUT2D eigenvalue weighted by atomic mass is 10.1. The van der Waals surface area contributed by atoms with Gasteiger partial charge >= 0.3 is 6.09 Å². The zero-order chi connectivity index (χ0) is 16.1. The van der Waals surface area contributed by atoms with Gasteiger partial charge < -0.3 is 15.6 Å². The van der Waals surface area contributed by atoms with Gasteiger partial charge in [-0.05, 0) is 45.8 Å². The largest absolute Gasteiger partial charge is 0.410 e. The molecule has 0 aliphatic heterocycles. The molecule has 0 radical (unpaired) electrons. The standard InChI is InChI=1S/C16H11BrClNO3/c17-13-7-12(9-20)11(8-14(13)18)6-5-10-3-1-2-4-15(10)22-16(19)21/h1-4,7-8,20H,9H2,(H2,19,21). The number of carbonyl (C=O) groups excluding carboxylic acids is 1. The van der Waals surface area contributed by atoms with Gasteiger partial charge in [0.1, 0.15) is 5.75 Å². The monoisotopic (exact) mass is 379 g/mol. The van der Waals surface area contributed by atoms with Crippen molar-refractivity contribution in [2.24, 2.45) is 5.73 Å². The highest BCUT2D eigenvalue weighted by Gasteiger charge is 2.06. The SMILES string of the molecule is NC(=O)Oc1ccccc1C#Cc1cc(Cl)c(Br)cc1CO. The molecule has 112 valence electrons. The van der Waals surface area contributed by atoms with Gasteiger partial charge in [-0.2, -0.15) is 0 Å². The molecule has 0 bridgehead atoms. The summed E-state index contributed by atoms with van der Waals surface area (Å²) in [6.45, 7) is -0.167. The van der Waals surface area contributed by atoms with Gasteiger partial charge in [0.25, 0.3) is 0 Å². The lowest BCUT2D eigenvalue weighted by molar-refractivity contribution is 0.210. The zero-order valence-corrected chi connectivity index (χ0v) is 13.6.